The van der Waals surface area contributed by atoms with Crippen LogP contribution in [-0.2, 0) is 11.2 Å². The monoisotopic (exact) mass is 419 g/mol. The van der Waals surface area contributed by atoms with E-state index in [1.807, 2.05) is 77.1 Å². The molecule has 0 aliphatic carbocycles. The van der Waals surface area contributed by atoms with E-state index in [2.05, 4.69) is 32.0 Å². The van der Waals surface area contributed by atoms with Crippen LogP contribution in [-0.4, -0.2) is 5.91 Å². The summed E-state index contributed by atoms with van der Waals surface area (Å²) < 4.78 is 5.89. The SMILES string of the molecule is C=C/C=C(\C=C(/C)NC(=O)c1ccc(CC)cc1)C(=C)O/C(=C/C=C\C)C(=C)C.CC. The van der Waals surface area contributed by atoms with Crippen molar-refractivity contribution in [2.45, 2.75) is 48.0 Å². The molecular weight excluding hydrogens is 382 g/mol. The van der Waals surface area contributed by atoms with Gasteiger partial charge in [-0.25, -0.2) is 0 Å². The number of rotatable bonds is 10. The molecule has 0 saturated carbocycles. The Labute approximate surface area is 188 Å². The summed E-state index contributed by atoms with van der Waals surface area (Å²) in [5.41, 5.74) is 3.95. The molecule has 0 heterocycles. The molecule has 0 spiro atoms. The van der Waals surface area contributed by atoms with Crippen molar-refractivity contribution in [2.24, 2.45) is 0 Å². The van der Waals surface area contributed by atoms with E-state index in [1.54, 1.807) is 18.2 Å². The fourth-order valence-electron chi connectivity index (χ4n) is 2.40. The minimum atomic E-state index is -0.165. The largest absolute Gasteiger partial charge is 0.457 e. The van der Waals surface area contributed by atoms with Crippen LogP contribution in [0.4, 0.5) is 0 Å². The first-order chi connectivity index (χ1) is 14.8. The molecular formula is C28H37NO2. The summed E-state index contributed by atoms with van der Waals surface area (Å²) in [4.78, 5) is 12.5. The molecule has 0 atom stereocenters. The first kappa shape index (κ1) is 27.7. The summed E-state index contributed by atoms with van der Waals surface area (Å²) in [6.45, 7) is 23.4. The second-order valence-corrected chi connectivity index (χ2v) is 6.55. The number of nitrogens with one attached hydrogen (secondary N) is 1. The fraction of sp³-hybridized carbons (Fsp3) is 0.250. The second-order valence-electron chi connectivity index (χ2n) is 6.55. The van der Waals surface area contributed by atoms with Crippen molar-refractivity contribution >= 4 is 5.91 Å². The van der Waals surface area contributed by atoms with Gasteiger partial charge in [0.15, 0.2) is 0 Å². The maximum atomic E-state index is 12.5. The average Bonchev–Trinajstić information content (AvgIpc) is 2.77. The Balaban J connectivity index is 0.00000436. The molecule has 31 heavy (non-hydrogen) atoms. The average molecular weight is 420 g/mol. The van der Waals surface area contributed by atoms with E-state index in [4.69, 9.17) is 4.74 Å². The zero-order valence-electron chi connectivity index (χ0n) is 19.9. The predicted molar refractivity (Wildman–Crippen MR) is 135 cm³/mol. The lowest BCUT2D eigenvalue weighted by Crippen LogP contribution is -2.21. The number of carbonyl (C=O) groups is 1. The zero-order valence-corrected chi connectivity index (χ0v) is 19.9. The summed E-state index contributed by atoms with van der Waals surface area (Å²) >= 11 is 0. The molecule has 1 N–H and O–H groups in total. The van der Waals surface area contributed by atoms with Crippen LogP contribution in [0, 0.1) is 0 Å². The van der Waals surface area contributed by atoms with Crippen LogP contribution in [0.15, 0.2) is 109 Å². The summed E-state index contributed by atoms with van der Waals surface area (Å²) in [6, 6.07) is 7.58. The van der Waals surface area contributed by atoms with Crippen molar-refractivity contribution in [3.05, 3.63) is 120 Å². The number of allylic oxidation sites excluding steroid dienone is 8. The van der Waals surface area contributed by atoms with Crippen molar-refractivity contribution in [2.75, 3.05) is 0 Å². The molecule has 0 aliphatic heterocycles. The molecule has 0 aromatic heterocycles. The minimum absolute atomic E-state index is 0.165. The van der Waals surface area contributed by atoms with E-state index in [0.29, 0.717) is 28.4 Å². The van der Waals surface area contributed by atoms with Crippen LogP contribution < -0.4 is 5.32 Å². The van der Waals surface area contributed by atoms with E-state index in [9.17, 15) is 4.79 Å². The highest BCUT2D eigenvalue weighted by molar-refractivity contribution is 5.95. The van der Waals surface area contributed by atoms with Crippen molar-refractivity contribution in [1.29, 1.82) is 0 Å². The van der Waals surface area contributed by atoms with Crippen molar-refractivity contribution in [3.63, 3.8) is 0 Å². The molecule has 1 aromatic carbocycles. The normalized spacial score (nSPS) is 12.0. The van der Waals surface area contributed by atoms with Gasteiger partial charge in [-0.1, -0.05) is 76.9 Å². The van der Waals surface area contributed by atoms with Crippen LogP contribution in [0.2, 0.25) is 0 Å². The third-order valence-corrected chi connectivity index (χ3v) is 4.02. The Hall–Kier alpha value is -3.33. The Kier molecular flexibility index (Phi) is 13.8. The fourth-order valence-corrected chi connectivity index (χ4v) is 2.40. The Morgan fingerprint density at radius 1 is 1.10 bits per heavy atom. The summed E-state index contributed by atoms with van der Waals surface area (Å²) in [6.07, 6.45) is 11.8. The van der Waals surface area contributed by atoms with Gasteiger partial charge in [-0.15, -0.1) is 0 Å². The maximum Gasteiger partial charge on any atom is 0.255 e. The van der Waals surface area contributed by atoms with Gasteiger partial charge < -0.3 is 10.1 Å². The quantitative estimate of drug-likeness (QED) is 0.313. The lowest BCUT2D eigenvalue weighted by molar-refractivity contribution is 0.0966. The van der Waals surface area contributed by atoms with Gasteiger partial charge in [-0.3, -0.25) is 4.79 Å². The van der Waals surface area contributed by atoms with Crippen LogP contribution in [0.25, 0.3) is 0 Å². The highest BCUT2D eigenvalue weighted by Gasteiger charge is 2.09. The topological polar surface area (TPSA) is 38.3 Å². The van der Waals surface area contributed by atoms with Crippen LogP contribution >= 0.6 is 0 Å². The molecule has 0 fully saturated rings. The molecule has 0 bridgehead atoms. The standard InChI is InChI=1S/C26H31NO2.C2H6/c1-8-11-13-25(19(4)5)29-21(7)24(12-9-2)18-20(6)27-26(28)23-16-14-22(10-3)15-17-23;1-2/h8-9,11-18H,2,4,7,10H2,1,3,5-6H3,(H,27,28);1-2H3/b11-8-,20-18+,24-12+,25-13+;. The smallest absolute Gasteiger partial charge is 0.255 e. The number of ether oxygens (including phenoxy) is 1. The molecule has 3 heteroatoms. The molecule has 0 radical (unpaired) electrons. The lowest BCUT2D eigenvalue weighted by atomic mass is 10.1. The van der Waals surface area contributed by atoms with Crippen molar-refractivity contribution < 1.29 is 9.53 Å². The van der Waals surface area contributed by atoms with E-state index < -0.39 is 0 Å². The van der Waals surface area contributed by atoms with Gasteiger partial charge in [0, 0.05) is 16.8 Å². The van der Waals surface area contributed by atoms with Crippen LogP contribution in [0.3, 0.4) is 0 Å². The summed E-state index contributed by atoms with van der Waals surface area (Å²) in [7, 11) is 0. The summed E-state index contributed by atoms with van der Waals surface area (Å²) in [5.74, 6) is 0.889. The first-order valence-corrected chi connectivity index (χ1v) is 10.6. The third-order valence-electron chi connectivity index (χ3n) is 4.02. The molecule has 0 unspecified atom stereocenters. The highest BCUT2D eigenvalue weighted by Crippen LogP contribution is 2.20. The molecule has 0 saturated heterocycles. The molecule has 166 valence electrons. The van der Waals surface area contributed by atoms with Gasteiger partial charge in [0.05, 0.1) is 0 Å². The zero-order chi connectivity index (χ0) is 23.8. The van der Waals surface area contributed by atoms with Gasteiger partial charge in [0.25, 0.3) is 5.91 Å². The number of hydrogen-bond donors (Lipinski definition) is 1. The number of aryl methyl sites for hydroxylation is 1. The van der Waals surface area contributed by atoms with Crippen LogP contribution in [0.5, 0.6) is 0 Å². The first-order valence-electron chi connectivity index (χ1n) is 10.6. The number of amides is 1. The predicted octanol–water partition coefficient (Wildman–Crippen LogP) is 7.59. The highest BCUT2D eigenvalue weighted by atomic mass is 16.5. The molecule has 1 rings (SSSR count). The lowest BCUT2D eigenvalue weighted by Gasteiger charge is -2.14. The van der Waals surface area contributed by atoms with E-state index in [-0.39, 0.29) is 5.91 Å². The third kappa shape index (κ3) is 10.3. The number of hydrogen-bond acceptors (Lipinski definition) is 2. The van der Waals surface area contributed by atoms with E-state index in [0.717, 1.165) is 12.0 Å². The molecule has 3 nitrogen and oxygen atoms in total. The summed E-state index contributed by atoms with van der Waals surface area (Å²) in [5, 5.41) is 2.89. The minimum Gasteiger partial charge on any atom is -0.457 e. The molecule has 0 aliphatic rings. The van der Waals surface area contributed by atoms with Crippen molar-refractivity contribution in [3.8, 4) is 0 Å². The maximum absolute atomic E-state index is 12.5. The Morgan fingerprint density at radius 2 is 1.71 bits per heavy atom. The molecule has 1 aromatic rings. The Morgan fingerprint density at radius 3 is 2.19 bits per heavy atom. The Bertz CT molecular complexity index is 878. The number of benzene rings is 1. The molecule has 1 amide bonds. The van der Waals surface area contributed by atoms with Crippen molar-refractivity contribution in [1.82, 2.24) is 5.32 Å². The second kappa shape index (κ2) is 15.5. The van der Waals surface area contributed by atoms with Gasteiger partial charge in [-0.2, -0.15) is 0 Å². The van der Waals surface area contributed by atoms with Gasteiger partial charge in [0.2, 0.25) is 0 Å². The van der Waals surface area contributed by atoms with Gasteiger partial charge >= 0.3 is 0 Å². The van der Waals surface area contributed by atoms with Crippen LogP contribution in [0.1, 0.15) is 57.5 Å². The van der Waals surface area contributed by atoms with E-state index in [1.165, 1.54) is 5.56 Å². The van der Waals surface area contributed by atoms with Gasteiger partial charge in [0.1, 0.15) is 11.5 Å². The van der Waals surface area contributed by atoms with Gasteiger partial charge in [-0.05, 0) is 62.6 Å². The van der Waals surface area contributed by atoms with E-state index >= 15 is 0 Å². The number of carbonyl (C=O) groups excluding carboxylic acids is 1.